The van der Waals surface area contributed by atoms with Crippen LogP contribution in [0.5, 0.6) is 0 Å². The fraction of sp³-hybridized carbons (Fsp3) is 0.364. The van der Waals surface area contributed by atoms with E-state index in [1.54, 1.807) is 6.07 Å². The van der Waals surface area contributed by atoms with E-state index in [2.05, 4.69) is 10.3 Å². The lowest BCUT2D eigenvalue weighted by atomic mass is 10.3. The van der Waals surface area contributed by atoms with Gasteiger partial charge >= 0.3 is 0 Å². The molecule has 2 aromatic rings. The van der Waals surface area contributed by atoms with E-state index in [9.17, 15) is 9.59 Å². The van der Waals surface area contributed by atoms with Gasteiger partial charge in [0.1, 0.15) is 4.83 Å². The van der Waals surface area contributed by atoms with Crippen LogP contribution in [0, 0.1) is 4.77 Å². The summed E-state index contributed by atoms with van der Waals surface area (Å²) in [7, 11) is 0. The van der Waals surface area contributed by atoms with Crippen LogP contribution < -0.4 is 10.9 Å². The first-order chi connectivity index (χ1) is 8.63. The highest BCUT2D eigenvalue weighted by Gasteiger charge is 2.08. The van der Waals surface area contributed by atoms with Crippen LogP contribution in [0.1, 0.15) is 13.3 Å². The van der Waals surface area contributed by atoms with Crippen molar-refractivity contribution in [3.05, 3.63) is 26.6 Å². The van der Waals surface area contributed by atoms with Gasteiger partial charge in [-0.1, -0.05) is 0 Å². The molecule has 0 aliphatic carbocycles. The van der Waals surface area contributed by atoms with Crippen LogP contribution in [-0.2, 0) is 11.3 Å². The molecule has 2 N–H and O–H groups in total. The average Bonchev–Trinajstić information content (AvgIpc) is 2.77. The van der Waals surface area contributed by atoms with E-state index in [0.29, 0.717) is 23.2 Å². The number of rotatable bonds is 4. The Hall–Kier alpha value is -1.47. The van der Waals surface area contributed by atoms with Crippen LogP contribution in [0.4, 0.5) is 0 Å². The van der Waals surface area contributed by atoms with Gasteiger partial charge in [0.05, 0.1) is 5.39 Å². The summed E-state index contributed by atoms with van der Waals surface area (Å²) in [5.41, 5.74) is -0.140. The number of thiophene rings is 1. The third-order valence-corrected chi connectivity index (χ3v) is 3.70. The predicted molar refractivity (Wildman–Crippen MR) is 74.6 cm³/mol. The Balaban J connectivity index is 2.30. The summed E-state index contributed by atoms with van der Waals surface area (Å²) in [6.45, 7) is 2.74. The zero-order chi connectivity index (χ0) is 13.1. The van der Waals surface area contributed by atoms with Gasteiger partial charge in [-0.15, -0.1) is 11.3 Å². The maximum Gasteiger partial charge on any atom is 0.263 e. The zero-order valence-corrected chi connectivity index (χ0v) is 11.5. The van der Waals surface area contributed by atoms with Crippen molar-refractivity contribution < 1.29 is 4.79 Å². The number of aromatic nitrogens is 2. The molecular weight excluding hydrogens is 270 g/mol. The zero-order valence-electron chi connectivity index (χ0n) is 9.86. The molecule has 7 heteroatoms. The number of nitrogens with zero attached hydrogens (tertiary/aromatic N) is 1. The molecule has 0 aromatic carbocycles. The number of aromatic amines is 1. The van der Waals surface area contributed by atoms with E-state index in [1.807, 2.05) is 12.3 Å². The Morgan fingerprint density at radius 1 is 1.61 bits per heavy atom. The molecule has 1 amide bonds. The molecule has 0 fully saturated rings. The maximum absolute atomic E-state index is 12.1. The van der Waals surface area contributed by atoms with Crippen molar-refractivity contribution in [1.82, 2.24) is 14.9 Å². The van der Waals surface area contributed by atoms with E-state index in [1.165, 1.54) is 15.9 Å². The predicted octanol–water partition coefficient (Wildman–Crippen LogP) is 1.65. The van der Waals surface area contributed by atoms with Crippen LogP contribution in [-0.4, -0.2) is 22.0 Å². The Labute approximate surface area is 112 Å². The summed E-state index contributed by atoms with van der Waals surface area (Å²) in [4.78, 5) is 27.3. The molecule has 0 unspecified atom stereocenters. The number of H-pyrrole nitrogens is 1. The Bertz CT molecular complexity index is 683. The molecule has 18 heavy (non-hydrogen) atoms. The molecule has 2 rings (SSSR count). The number of carbonyl (C=O) groups is 1. The number of nitrogens with one attached hydrogen (secondary N) is 2. The van der Waals surface area contributed by atoms with Crippen molar-refractivity contribution in [2.75, 3.05) is 6.54 Å². The van der Waals surface area contributed by atoms with Gasteiger partial charge in [-0.2, -0.15) is 0 Å². The third kappa shape index (κ3) is 2.51. The van der Waals surface area contributed by atoms with E-state index >= 15 is 0 Å². The Morgan fingerprint density at radius 3 is 3.11 bits per heavy atom. The molecule has 0 aliphatic heterocycles. The molecule has 5 nitrogen and oxygen atoms in total. The quantitative estimate of drug-likeness (QED) is 0.838. The summed E-state index contributed by atoms with van der Waals surface area (Å²) in [5, 5.41) is 5.14. The fourth-order valence-electron chi connectivity index (χ4n) is 1.68. The van der Waals surface area contributed by atoms with Crippen LogP contribution in [0.2, 0.25) is 0 Å². The first-order valence-electron chi connectivity index (χ1n) is 5.60. The first-order valence-corrected chi connectivity index (χ1v) is 6.89. The van der Waals surface area contributed by atoms with E-state index in [0.717, 1.165) is 4.83 Å². The van der Waals surface area contributed by atoms with Gasteiger partial charge in [0.15, 0.2) is 4.77 Å². The largest absolute Gasteiger partial charge is 0.356 e. The summed E-state index contributed by atoms with van der Waals surface area (Å²) in [6.07, 6.45) is 0.251. The van der Waals surface area contributed by atoms with Crippen LogP contribution in [0.15, 0.2) is 16.2 Å². The van der Waals surface area contributed by atoms with E-state index in [4.69, 9.17) is 12.2 Å². The molecule has 0 aliphatic rings. The highest BCUT2D eigenvalue weighted by molar-refractivity contribution is 7.71. The number of fused-ring (bicyclic) bond motifs is 1. The molecule has 96 valence electrons. The number of hydrogen-bond acceptors (Lipinski definition) is 4. The molecule has 2 heterocycles. The lowest BCUT2D eigenvalue weighted by Crippen LogP contribution is -2.27. The second-order valence-electron chi connectivity index (χ2n) is 3.75. The third-order valence-electron chi connectivity index (χ3n) is 2.54. The summed E-state index contributed by atoms with van der Waals surface area (Å²) in [6, 6.07) is 1.76. The standard InChI is InChI=1S/C11H13N3O2S2/c1-2-12-8(15)3-5-14-10(16)7-4-6-18-9(7)13-11(14)17/h4,6H,2-3,5H2,1H3,(H,12,15)(H,13,17). The van der Waals surface area contributed by atoms with Gasteiger partial charge in [0.25, 0.3) is 5.56 Å². The van der Waals surface area contributed by atoms with Crippen molar-refractivity contribution >= 4 is 39.7 Å². The second kappa shape index (κ2) is 5.45. The van der Waals surface area contributed by atoms with Gasteiger partial charge in [0, 0.05) is 19.5 Å². The van der Waals surface area contributed by atoms with Crippen molar-refractivity contribution in [1.29, 1.82) is 0 Å². The van der Waals surface area contributed by atoms with E-state index < -0.39 is 0 Å². The van der Waals surface area contributed by atoms with Crippen LogP contribution >= 0.6 is 23.6 Å². The minimum atomic E-state index is -0.140. The highest BCUT2D eigenvalue weighted by Crippen LogP contribution is 2.14. The van der Waals surface area contributed by atoms with Crippen molar-refractivity contribution in [2.24, 2.45) is 0 Å². The number of carbonyl (C=O) groups excluding carboxylic acids is 1. The van der Waals surface area contributed by atoms with E-state index in [-0.39, 0.29) is 17.9 Å². The van der Waals surface area contributed by atoms with Gasteiger partial charge < -0.3 is 10.3 Å². The average molecular weight is 283 g/mol. The highest BCUT2D eigenvalue weighted by atomic mass is 32.1. The summed E-state index contributed by atoms with van der Waals surface area (Å²) < 4.78 is 1.79. The second-order valence-corrected chi connectivity index (χ2v) is 5.06. The topological polar surface area (TPSA) is 66.9 Å². The summed E-state index contributed by atoms with van der Waals surface area (Å²) in [5.74, 6) is -0.0794. The van der Waals surface area contributed by atoms with Crippen molar-refractivity contribution in [3.8, 4) is 0 Å². The monoisotopic (exact) mass is 283 g/mol. The molecule has 0 spiro atoms. The molecule has 0 atom stereocenters. The fourth-order valence-corrected chi connectivity index (χ4v) is 2.80. The minimum Gasteiger partial charge on any atom is -0.356 e. The normalized spacial score (nSPS) is 10.7. The Morgan fingerprint density at radius 2 is 2.39 bits per heavy atom. The van der Waals surface area contributed by atoms with Crippen LogP contribution in [0.3, 0.4) is 0 Å². The van der Waals surface area contributed by atoms with Gasteiger partial charge in [0.2, 0.25) is 5.91 Å². The number of amides is 1. The minimum absolute atomic E-state index is 0.0794. The van der Waals surface area contributed by atoms with Gasteiger partial charge in [-0.05, 0) is 30.6 Å². The maximum atomic E-state index is 12.1. The molecular formula is C11H13N3O2S2. The first kappa shape index (κ1) is 13.0. The summed E-state index contributed by atoms with van der Waals surface area (Å²) >= 11 is 6.57. The van der Waals surface area contributed by atoms with Crippen molar-refractivity contribution in [2.45, 2.75) is 19.9 Å². The Kier molecular flexibility index (Phi) is 3.93. The van der Waals surface area contributed by atoms with Crippen molar-refractivity contribution in [3.63, 3.8) is 0 Å². The number of hydrogen-bond donors (Lipinski definition) is 2. The lowest BCUT2D eigenvalue weighted by molar-refractivity contribution is -0.121. The SMILES string of the molecule is CCNC(=O)CCn1c(=S)[nH]c2sccc2c1=O. The molecule has 2 aromatic heterocycles. The molecule has 0 bridgehead atoms. The van der Waals surface area contributed by atoms with Crippen LogP contribution in [0.25, 0.3) is 10.2 Å². The molecule has 0 saturated heterocycles. The van der Waals surface area contributed by atoms with Gasteiger partial charge in [-0.25, -0.2) is 0 Å². The molecule has 0 radical (unpaired) electrons. The lowest BCUT2D eigenvalue weighted by Gasteiger charge is -2.06. The van der Waals surface area contributed by atoms with Gasteiger partial charge in [-0.3, -0.25) is 14.2 Å². The molecule has 0 saturated carbocycles. The smallest absolute Gasteiger partial charge is 0.263 e.